The summed E-state index contributed by atoms with van der Waals surface area (Å²) >= 11 is 0. The molecule has 0 spiro atoms. The number of likely N-dealkylation sites (N-methyl/N-ethyl adjacent to an activating group) is 1. The van der Waals surface area contributed by atoms with Crippen molar-refractivity contribution in [1.82, 2.24) is 5.32 Å². The molecular formula is C14H20F3N. The molecule has 0 aliphatic rings. The summed E-state index contributed by atoms with van der Waals surface area (Å²) in [5.41, 5.74) is -0.170. The number of alkyl halides is 3. The van der Waals surface area contributed by atoms with Crippen LogP contribution < -0.4 is 5.32 Å². The van der Waals surface area contributed by atoms with Crippen molar-refractivity contribution >= 4 is 0 Å². The molecule has 0 aliphatic heterocycles. The highest BCUT2D eigenvalue weighted by Crippen LogP contribution is 2.36. The number of hydrogen-bond acceptors (Lipinski definition) is 1. The molecule has 1 rings (SSSR count). The number of benzene rings is 1. The van der Waals surface area contributed by atoms with Crippen molar-refractivity contribution in [3.05, 3.63) is 35.4 Å². The van der Waals surface area contributed by atoms with Gasteiger partial charge in [-0.3, -0.25) is 0 Å². The van der Waals surface area contributed by atoms with Crippen LogP contribution in [-0.2, 0) is 6.18 Å². The first-order valence-corrected chi connectivity index (χ1v) is 6.12. The van der Waals surface area contributed by atoms with Gasteiger partial charge >= 0.3 is 6.18 Å². The number of halogens is 3. The predicted octanol–water partition coefficient (Wildman–Crippen LogP) is 4.05. The molecule has 0 saturated carbocycles. The zero-order chi connectivity index (χ0) is 13.9. The van der Waals surface area contributed by atoms with Gasteiger partial charge in [0.1, 0.15) is 0 Å². The van der Waals surface area contributed by atoms with Crippen LogP contribution >= 0.6 is 0 Å². The van der Waals surface area contributed by atoms with Crippen LogP contribution in [0.2, 0.25) is 0 Å². The Hall–Kier alpha value is -1.03. The van der Waals surface area contributed by atoms with Crippen LogP contribution in [-0.4, -0.2) is 13.1 Å². The average molecular weight is 259 g/mol. The molecule has 0 fully saturated rings. The second kappa shape index (κ2) is 5.74. The minimum absolute atomic E-state index is 0.0218. The maximum absolute atomic E-state index is 13.0. The minimum Gasteiger partial charge on any atom is -0.316 e. The van der Waals surface area contributed by atoms with Crippen molar-refractivity contribution in [2.75, 3.05) is 7.05 Å². The van der Waals surface area contributed by atoms with E-state index in [1.54, 1.807) is 19.2 Å². The molecule has 18 heavy (non-hydrogen) atoms. The number of rotatable bonds is 4. The van der Waals surface area contributed by atoms with Crippen LogP contribution in [0.4, 0.5) is 13.2 Å². The van der Waals surface area contributed by atoms with E-state index in [2.05, 4.69) is 5.32 Å². The van der Waals surface area contributed by atoms with Gasteiger partial charge in [0.25, 0.3) is 0 Å². The van der Waals surface area contributed by atoms with Gasteiger partial charge in [0.05, 0.1) is 5.56 Å². The predicted molar refractivity (Wildman–Crippen MR) is 67.5 cm³/mol. The van der Waals surface area contributed by atoms with E-state index in [9.17, 15) is 13.2 Å². The molecule has 2 atom stereocenters. The van der Waals surface area contributed by atoms with Crippen LogP contribution in [0.15, 0.2) is 24.3 Å². The fourth-order valence-electron chi connectivity index (χ4n) is 2.51. The van der Waals surface area contributed by atoms with E-state index in [1.807, 2.05) is 20.8 Å². The fraction of sp³-hybridized carbons (Fsp3) is 0.571. The molecule has 0 amide bonds. The summed E-state index contributed by atoms with van der Waals surface area (Å²) in [5.74, 6) is 0.0825. The Labute approximate surface area is 106 Å². The third-order valence-corrected chi connectivity index (χ3v) is 3.35. The molecular weight excluding hydrogens is 239 g/mol. The average Bonchev–Trinajstić information content (AvgIpc) is 2.28. The van der Waals surface area contributed by atoms with Crippen molar-refractivity contribution in [2.24, 2.45) is 5.92 Å². The van der Waals surface area contributed by atoms with E-state index in [0.29, 0.717) is 5.56 Å². The Bertz CT molecular complexity index is 385. The number of nitrogens with one attached hydrogen (secondary N) is 1. The summed E-state index contributed by atoms with van der Waals surface area (Å²) in [5, 5.41) is 3.11. The molecule has 0 bridgehead atoms. The first-order valence-electron chi connectivity index (χ1n) is 6.12. The van der Waals surface area contributed by atoms with E-state index < -0.39 is 11.7 Å². The van der Waals surface area contributed by atoms with Gasteiger partial charge in [0.15, 0.2) is 0 Å². The summed E-state index contributed by atoms with van der Waals surface area (Å²) in [7, 11) is 1.79. The Morgan fingerprint density at radius 2 is 1.61 bits per heavy atom. The van der Waals surface area contributed by atoms with Gasteiger partial charge in [0.2, 0.25) is 0 Å². The van der Waals surface area contributed by atoms with Crippen LogP contribution in [0, 0.1) is 5.92 Å². The smallest absolute Gasteiger partial charge is 0.316 e. The molecule has 2 unspecified atom stereocenters. The Kier molecular flexibility index (Phi) is 4.79. The minimum atomic E-state index is -4.29. The lowest BCUT2D eigenvalue weighted by atomic mass is 9.84. The van der Waals surface area contributed by atoms with E-state index in [0.717, 1.165) is 6.07 Å². The van der Waals surface area contributed by atoms with Crippen molar-refractivity contribution in [2.45, 2.75) is 38.9 Å². The molecule has 0 heterocycles. The molecule has 1 N–H and O–H groups in total. The van der Waals surface area contributed by atoms with E-state index in [4.69, 9.17) is 0 Å². The summed E-state index contributed by atoms with van der Waals surface area (Å²) < 4.78 is 38.9. The largest absolute Gasteiger partial charge is 0.416 e. The quantitative estimate of drug-likeness (QED) is 0.860. The maximum Gasteiger partial charge on any atom is 0.416 e. The second-order valence-corrected chi connectivity index (χ2v) is 4.93. The lowest BCUT2D eigenvalue weighted by Gasteiger charge is -2.29. The van der Waals surface area contributed by atoms with Gasteiger partial charge in [-0.1, -0.05) is 39.0 Å². The normalized spacial score (nSPS) is 15.8. The standard InChI is InChI=1S/C14H20F3N/c1-9(2)13(18-4)10(3)11-7-5-6-8-12(11)14(15,16)17/h5-10,13,18H,1-4H3. The first-order chi connectivity index (χ1) is 8.29. The summed E-state index contributed by atoms with van der Waals surface area (Å²) in [6, 6.07) is 5.84. The summed E-state index contributed by atoms with van der Waals surface area (Å²) in [6.07, 6.45) is -4.29. The third-order valence-electron chi connectivity index (χ3n) is 3.35. The van der Waals surface area contributed by atoms with Crippen LogP contribution in [0.25, 0.3) is 0 Å². The molecule has 0 aliphatic carbocycles. The Morgan fingerprint density at radius 3 is 2.06 bits per heavy atom. The lowest BCUT2D eigenvalue weighted by Crippen LogP contribution is -2.36. The first kappa shape index (κ1) is 15.0. The molecule has 0 radical (unpaired) electrons. The second-order valence-electron chi connectivity index (χ2n) is 4.93. The van der Waals surface area contributed by atoms with Gasteiger partial charge < -0.3 is 5.32 Å². The fourth-order valence-corrected chi connectivity index (χ4v) is 2.51. The third kappa shape index (κ3) is 3.25. The Morgan fingerprint density at radius 1 is 1.06 bits per heavy atom. The van der Waals surface area contributed by atoms with Crippen LogP contribution in [0.3, 0.4) is 0 Å². The summed E-state index contributed by atoms with van der Waals surface area (Å²) in [4.78, 5) is 0. The molecule has 1 nitrogen and oxygen atoms in total. The topological polar surface area (TPSA) is 12.0 Å². The maximum atomic E-state index is 13.0. The van der Waals surface area contributed by atoms with E-state index in [-0.39, 0.29) is 17.9 Å². The zero-order valence-corrected chi connectivity index (χ0v) is 11.2. The lowest BCUT2D eigenvalue weighted by molar-refractivity contribution is -0.138. The van der Waals surface area contributed by atoms with Gasteiger partial charge in [-0.2, -0.15) is 13.2 Å². The molecule has 4 heteroatoms. The van der Waals surface area contributed by atoms with Crippen molar-refractivity contribution < 1.29 is 13.2 Å². The van der Waals surface area contributed by atoms with Crippen molar-refractivity contribution in [1.29, 1.82) is 0 Å². The van der Waals surface area contributed by atoms with Crippen LogP contribution in [0.1, 0.15) is 37.8 Å². The monoisotopic (exact) mass is 259 g/mol. The Balaban J connectivity index is 3.17. The zero-order valence-electron chi connectivity index (χ0n) is 11.2. The molecule has 0 saturated heterocycles. The highest BCUT2D eigenvalue weighted by Gasteiger charge is 2.35. The van der Waals surface area contributed by atoms with E-state index >= 15 is 0 Å². The van der Waals surface area contributed by atoms with Crippen molar-refractivity contribution in [3.63, 3.8) is 0 Å². The van der Waals surface area contributed by atoms with Gasteiger partial charge in [-0.05, 0) is 30.5 Å². The highest BCUT2D eigenvalue weighted by atomic mass is 19.4. The molecule has 1 aromatic rings. The number of hydrogen-bond donors (Lipinski definition) is 1. The molecule has 102 valence electrons. The molecule has 0 aromatic heterocycles. The van der Waals surface area contributed by atoms with Crippen LogP contribution in [0.5, 0.6) is 0 Å². The molecule has 1 aromatic carbocycles. The SMILES string of the molecule is CNC(C(C)C)C(C)c1ccccc1C(F)(F)F. The van der Waals surface area contributed by atoms with E-state index in [1.165, 1.54) is 6.07 Å². The summed E-state index contributed by atoms with van der Waals surface area (Å²) in [6.45, 7) is 5.85. The highest BCUT2D eigenvalue weighted by molar-refractivity contribution is 5.33. The van der Waals surface area contributed by atoms with Gasteiger partial charge in [-0.15, -0.1) is 0 Å². The van der Waals surface area contributed by atoms with Crippen molar-refractivity contribution in [3.8, 4) is 0 Å². The van der Waals surface area contributed by atoms with Gasteiger partial charge in [-0.25, -0.2) is 0 Å². The van der Waals surface area contributed by atoms with Gasteiger partial charge in [0, 0.05) is 6.04 Å².